The smallest absolute Gasteiger partial charge is 0.254 e. The van der Waals surface area contributed by atoms with Crippen LogP contribution in [0.1, 0.15) is 42.9 Å². The molecule has 3 amide bonds. The molecule has 3 N–H and O–H groups in total. The Kier molecular flexibility index (Phi) is 9.01. The van der Waals surface area contributed by atoms with Crippen molar-refractivity contribution >= 4 is 23.4 Å². The molecule has 6 rings (SSSR count). The third-order valence-corrected chi connectivity index (χ3v) is 9.14. The van der Waals surface area contributed by atoms with E-state index in [9.17, 15) is 14.4 Å². The summed E-state index contributed by atoms with van der Waals surface area (Å²) >= 11 is 0. The summed E-state index contributed by atoms with van der Waals surface area (Å²) in [7, 11) is 1.64. The van der Waals surface area contributed by atoms with E-state index in [1.807, 2.05) is 91.0 Å². The normalized spacial score (nSPS) is 16.8. The summed E-state index contributed by atoms with van der Waals surface area (Å²) in [4.78, 5) is 43.1. The highest BCUT2D eigenvalue weighted by Crippen LogP contribution is 2.42. The Balaban J connectivity index is 1.37. The number of fused-ring (bicyclic) bond motifs is 3. The molecule has 0 radical (unpaired) electrons. The van der Waals surface area contributed by atoms with Crippen LogP contribution in [0.25, 0.3) is 22.3 Å². The van der Waals surface area contributed by atoms with Gasteiger partial charge in [0.1, 0.15) is 11.8 Å². The van der Waals surface area contributed by atoms with Crippen LogP contribution in [0.5, 0.6) is 5.75 Å². The topological polar surface area (TPSA) is 102 Å². The van der Waals surface area contributed by atoms with E-state index in [2.05, 4.69) is 18.0 Å². The van der Waals surface area contributed by atoms with Crippen LogP contribution in [0, 0.1) is 17.8 Å². The second kappa shape index (κ2) is 13.4. The third-order valence-electron chi connectivity index (χ3n) is 9.14. The summed E-state index contributed by atoms with van der Waals surface area (Å²) in [6, 6.07) is 30.6. The van der Waals surface area contributed by atoms with Gasteiger partial charge in [-0.05, 0) is 70.8 Å². The molecule has 0 spiro atoms. The molecule has 4 aromatic carbocycles. The van der Waals surface area contributed by atoms with Crippen LogP contribution < -0.4 is 20.7 Å². The van der Waals surface area contributed by atoms with Crippen molar-refractivity contribution in [2.45, 2.75) is 38.3 Å². The highest BCUT2D eigenvalue weighted by molar-refractivity contribution is 6.06. The predicted molar refractivity (Wildman–Crippen MR) is 181 cm³/mol. The molecule has 2 aliphatic rings. The van der Waals surface area contributed by atoms with Gasteiger partial charge in [0, 0.05) is 5.56 Å². The Bertz CT molecular complexity index is 1760. The van der Waals surface area contributed by atoms with Crippen LogP contribution in [0.15, 0.2) is 110 Å². The van der Waals surface area contributed by atoms with Gasteiger partial charge in [-0.3, -0.25) is 14.4 Å². The van der Waals surface area contributed by atoms with E-state index in [4.69, 9.17) is 10.5 Å². The largest absolute Gasteiger partial charge is 0.497 e. The van der Waals surface area contributed by atoms with E-state index in [0.29, 0.717) is 30.9 Å². The minimum absolute atomic E-state index is 0.245. The maximum absolute atomic E-state index is 14.7. The third kappa shape index (κ3) is 6.45. The van der Waals surface area contributed by atoms with Gasteiger partial charge in [-0.25, -0.2) is 0 Å². The fraction of sp³-hybridized carbons (Fsp3) is 0.256. The lowest BCUT2D eigenvalue weighted by atomic mass is 9.83. The van der Waals surface area contributed by atoms with Gasteiger partial charge in [-0.2, -0.15) is 0 Å². The van der Waals surface area contributed by atoms with Gasteiger partial charge in [0.15, 0.2) is 0 Å². The average molecular weight is 614 g/mol. The average Bonchev–Trinajstić information content (AvgIpc) is 3.92. The predicted octanol–water partition coefficient (Wildman–Crippen LogP) is 6.83. The Morgan fingerprint density at radius 3 is 2.35 bits per heavy atom. The first kappa shape index (κ1) is 30.8. The quantitative estimate of drug-likeness (QED) is 0.171. The molecule has 3 atom stereocenters. The van der Waals surface area contributed by atoms with Crippen molar-refractivity contribution in [1.82, 2.24) is 5.32 Å². The van der Waals surface area contributed by atoms with Gasteiger partial charge in [-0.15, -0.1) is 6.58 Å². The number of nitrogens with two attached hydrogens (primary N) is 1. The number of anilines is 1. The molecule has 1 unspecified atom stereocenters. The molecule has 1 aliphatic carbocycles. The summed E-state index contributed by atoms with van der Waals surface area (Å²) in [6.45, 7) is 4.09. The molecule has 1 fully saturated rings. The molecule has 1 saturated carbocycles. The van der Waals surface area contributed by atoms with Crippen LogP contribution in [0.4, 0.5) is 5.69 Å². The first-order valence-corrected chi connectivity index (χ1v) is 15.8. The summed E-state index contributed by atoms with van der Waals surface area (Å²) < 4.78 is 5.32. The first-order valence-electron chi connectivity index (χ1n) is 15.8. The van der Waals surface area contributed by atoms with E-state index < -0.39 is 23.8 Å². The molecule has 1 heterocycles. The molecule has 7 nitrogen and oxygen atoms in total. The lowest BCUT2D eigenvalue weighted by Gasteiger charge is -2.29. The number of hydrogen-bond donors (Lipinski definition) is 2. The van der Waals surface area contributed by atoms with Crippen molar-refractivity contribution < 1.29 is 19.1 Å². The summed E-state index contributed by atoms with van der Waals surface area (Å²) in [5.41, 5.74) is 12.1. The van der Waals surface area contributed by atoms with Crippen LogP contribution in [-0.4, -0.2) is 24.8 Å². The number of para-hydroxylation sites is 1. The molecule has 46 heavy (non-hydrogen) atoms. The SMILES string of the molecule is C=CC[C@H](C(N)=O)[C@@H](CC1CC1)C(=O)NC1C(=O)N(Cc2cccc(-c3ccc(OC)cc3)c2)c2ccccc2-c2ccccc21. The molecule has 4 aromatic rings. The van der Waals surface area contributed by atoms with Gasteiger partial charge in [0.2, 0.25) is 11.8 Å². The number of rotatable bonds is 12. The number of hydrogen-bond acceptors (Lipinski definition) is 4. The second-order valence-corrected chi connectivity index (χ2v) is 12.2. The van der Waals surface area contributed by atoms with Crippen molar-refractivity contribution in [2.75, 3.05) is 12.0 Å². The Hall–Kier alpha value is -5.17. The summed E-state index contributed by atoms with van der Waals surface area (Å²) in [5, 5.41) is 3.11. The zero-order chi connectivity index (χ0) is 32.2. The number of allylic oxidation sites excluding steroid dienone is 1. The van der Waals surface area contributed by atoms with Crippen LogP contribution in [-0.2, 0) is 20.9 Å². The number of carbonyl (C=O) groups excluding carboxylic acids is 3. The molecular formula is C39H39N3O4. The second-order valence-electron chi connectivity index (χ2n) is 12.2. The van der Waals surface area contributed by atoms with E-state index in [-0.39, 0.29) is 11.8 Å². The first-order chi connectivity index (χ1) is 22.4. The molecule has 0 saturated heterocycles. The number of nitrogens with one attached hydrogen (secondary N) is 1. The lowest BCUT2D eigenvalue weighted by Crippen LogP contribution is -2.46. The van der Waals surface area contributed by atoms with Crippen molar-refractivity contribution in [3.8, 4) is 28.0 Å². The summed E-state index contributed by atoms with van der Waals surface area (Å²) in [5.74, 6) is -1.29. The van der Waals surface area contributed by atoms with E-state index >= 15 is 0 Å². The van der Waals surface area contributed by atoms with Crippen molar-refractivity contribution in [2.24, 2.45) is 23.5 Å². The Morgan fingerprint density at radius 1 is 0.935 bits per heavy atom. The highest BCUT2D eigenvalue weighted by atomic mass is 16.5. The van der Waals surface area contributed by atoms with Crippen molar-refractivity contribution in [3.05, 3.63) is 121 Å². The Labute approximate surface area is 270 Å². The number of primary amides is 1. The van der Waals surface area contributed by atoms with Crippen LogP contribution in [0.2, 0.25) is 0 Å². The lowest BCUT2D eigenvalue weighted by molar-refractivity contribution is -0.135. The fourth-order valence-corrected chi connectivity index (χ4v) is 6.53. The number of methoxy groups -OCH3 is 1. The van der Waals surface area contributed by atoms with Gasteiger partial charge in [-0.1, -0.05) is 91.7 Å². The zero-order valence-corrected chi connectivity index (χ0v) is 26.0. The minimum Gasteiger partial charge on any atom is -0.497 e. The molecule has 1 aliphatic heterocycles. The van der Waals surface area contributed by atoms with Gasteiger partial charge >= 0.3 is 0 Å². The van der Waals surface area contributed by atoms with Gasteiger partial charge in [0.05, 0.1) is 31.2 Å². The zero-order valence-electron chi connectivity index (χ0n) is 26.0. The van der Waals surface area contributed by atoms with E-state index in [1.54, 1.807) is 18.1 Å². The number of amides is 3. The summed E-state index contributed by atoms with van der Waals surface area (Å²) in [6.07, 6.45) is 4.53. The van der Waals surface area contributed by atoms with E-state index in [1.165, 1.54) is 0 Å². The number of nitrogens with zero attached hydrogens (tertiary/aromatic N) is 1. The number of ether oxygens (including phenoxy) is 1. The molecule has 0 aromatic heterocycles. The highest BCUT2D eigenvalue weighted by Gasteiger charge is 2.40. The Morgan fingerprint density at radius 2 is 1.65 bits per heavy atom. The maximum Gasteiger partial charge on any atom is 0.254 e. The standard InChI is InChI=1S/C39H39N3O4/c1-3-9-33(37(40)43)34(23-25-16-17-25)38(44)41-36-32-14-5-4-12-30(32)31-13-6-7-15-35(31)42(39(36)45)24-26-10-8-11-28(22-26)27-18-20-29(46-2)21-19-27/h3-8,10-15,18-22,25,33-34,36H,1,9,16-17,23-24H2,2H3,(H2,40,43)(H,41,44)/t33-,34+,36?/m0/s1. The molecule has 234 valence electrons. The van der Waals surface area contributed by atoms with Crippen molar-refractivity contribution in [3.63, 3.8) is 0 Å². The van der Waals surface area contributed by atoms with Crippen LogP contribution in [0.3, 0.4) is 0 Å². The monoisotopic (exact) mass is 613 g/mol. The number of carbonyl (C=O) groups is 3. The number of benzene rings is 4. The molecular weight excluding hydrogens is 574 g/mol. The van der Waals surface area contributed by atoms with Gasteiger partial charge < -0.3 is 20.7 Å². The van der Waals surface area contributed by atoms with Crippen LogP contribution >= 0.6 is 0 Å². The molecule has 0 bridgehead atoms. The van der Waals surface area contributed by atoms with Crippen molar-refractivity contribution in [1.29, 1.82) is 0 Å². The molecule has 7 heteroatoms. The maximum atomic E-state index is 14.7. The fourth-order valence-electron chi connectivity index (χ4n) is 6.53. The van der Waals surface area contributed by atoms with E-state index in [0.717, 1.165) is 52.1 Å². The van der Waals surface area contributed by atoms with Gasteiger partial charge in [0.25, 0.3) is 5.91 Å². The minimum atomic E-state index is -0.958.